The first-order chi connectivity index (χ1) is 12.5. The van der Waals surface area contributed by atoms with Crippen molar-refractivity contribution < 1.29 is 23.9 Å². The zero-order valence-electron chi connectivity index (χ0n) is 16.8. The summed E-state index contributed by atoms with van der Waals surface area (Å²) in [6.07, 6.45) is 4.01. The number of fused-ring (bicyclic) bond motifs is 3. The Morgan fingerprint density at radius 1 is 1.07 bits per heavy atom. The Bertz CT molecular complexity index is 890. The predicted octanol–water partition coefficient (Wildman–Crippen LogP) is 3.97. The Morgan fingerprint density at radius 2 is 1.70 bits per heavy atom. The number of allylic oxidation sites excluding steroid dienone is 2. The fraction of sp³-hybridized carbons (Fsp3) is 0.500. The van der Waals surface area contributed by atoms with Gasteiger partial charge in [0.25, 0.3) is 0 Å². The Balaban J connectivity index is 2.23. The number of Topliss-reactive ketones (excluding diaryl/α,β-unsaturated/α-hetero) is 1. The van der Waals surface area contributed by atoms with Crippen molar-refractivity contribution in [3.05, 3.63) is 34.4 Å². The van der Waals surface area contributed by atoms with E-state index in [4.69, 9.17) is 9.47 Å². The van der Waals surface area contributed by atoms with Crippen molar-refractivity contribution in [1.29, 1.82) is 0 Å². The van der Waals surface area contributed by atoms with E-state index in [1.807, 2.05) is 26.8 Å². The van der Waals surface area contributed by atoms with Crippen LogP contribution >= 0.6 is 0 Å². The van der Waals surface area contributed by atoms with Crippen molar-refractivity contribution in [1.82, 2.24) is 0 Å². The zero-order valence-corrected chi connectivity index (χ0v) is 16.8. The monoisotopic (exact) mass is 370 g/mol. The van der Waals surface area contributed by atoms with Crippen LogP contribution in [0.3, 0.4) is 0 Å². The van der Waals surface area contributed by atoms with Crippen molar-refractivity contribution in [3.8, 4) is 11.5 Å². The summed E-state index contributed by atoms with van der Waals surface area (Å²) in [5.41, 5.74) is 3.19. The van der Waals surface area contributed by atoms with Crippen molar-refractivity contribution in [2.24, 2.45) is 5.41 Å². The van der Waals surface area contributed by atoms with Gasteiger partial charge in [-0.1, -0.05) is 18.6 Å². The van der Waals surface area contributed by atoms with Gasteiger partial charge >= 0.3 is 11.9 Å². The smallest absolute Gasteiger partial charge is 0.308 e. The molecule has 2 aliphatic rings. The Hall–Kier alpha value is -2.43. The number of carbonyl (C=O) groups is 3. The molecule has 0 bridgehead atoms. The molecule has 0 heterocycles. The van der Waals surface area contributed by atoms with Gasteiger partial charge in [0.2, 0.25) is 0 Å². The Labute approximate surface area is 159 Å². The lowest BCUT2D eigenvalue weighted by Gasteiger charge is -2.48. The lowest BCUT2D eigenvalue weighted by atomic mass is 9.54. The van der Waals surface area contributed by atoms with Crippen LogP contribution in [-0.2, 0) is 26.2 Å². The van der Waals surface area contributed by atoms with E-state index in [9.17, 15) is 14.4 Å². The highest BCUT2D eigenvalue weighted by molar-refractivity contribution is 5.90. The number of carbonyl (C=O) groups excluding carboxylic acids is 3. The fourth-order valence-corrected chi connectivity index (χ4v) is 4.68. The highest BCUT2D eigenvalue weighted by Gasteiger charge is 2.49. The third kappa shape index (κ3) is 2.99. The van der Waals surface area contributed by atoms with Gasteiger partial charge < -0.3 is 9.47 Å². The van der Waals surface area contributed by atoms with Gasteiger partial charge in [-0.3, -0.25) is 14.4 Å². The van der Waals surface area contributed by atoms with E-state index in [1.54, 1.807) is 0 Å². The Kier molecular flexibility index (Phi) is 4.53. The molecule has 0 spiro atoms. The molecule has 0 N–H and O–H groups in total. The van der Waals surface area contributed by atoms with Gasteiger partial charge in [0, 0.05) is 31.1 Å². The van der Waals surface area contributed by atoms with Crippen LogP contribution in [0.2, 0.25) is 0 Å². The summed E-state index contributed by atoms with van der Waals surface area (Å²) < 4.78 is 10.8. The topological polar surface area (TPSA) is 69.7 Å². The molecule has 144 valence electrons. The second-order valence-electron chi connectivity index (χ2n) is 8.24. The van der Waals surface area contributed by atoms with E-state index < -0.39 is 17.4 Å². The first-order valence-electron chi connectivity index (χ1n) is 9.26. The van der Waals surface area contributed by atoms with Gasteiger partial charge in [-0.05, 0) is 56.4 Å². The molecule has 1 aromatic rings. The average Bonchev–Trinajstić information content (AvgIpc) is 2.55. The minimum absolute atomic E-state index is 0.253. The van der Waals surface area contributed by atoms with E-state index in [-0.39, 0.29) is 16.9 Å². The molecule has 0 aromatic heterocycles. The molecule has 0 unspecified atom stereocenters. The third-order valence-corrected chi connectivity index (χ3v) is 6.04. The molecule has 1 saturated carbocycles. The maximum absolute atomic E-state index is 12.5. The summed E-state index contributed by atoms with van der Waals surface area (Å²) >= 11 is 0. The van der Waals surface area contributed by atoms with Crippen LogP contribution in [0.25, 0.3) is 0 Å². The molecular weight excluding hydrogens is 344 g/mol. The molecule has 1 aromatic carbocycles. The van der Waals surface area contributed by atoms with Gasteiger partial charge in [0.05, 0.1) is 0 Å². The number of ether oxygens (including phenoxy) is 2. The number of benzene rings is 1. The predicted molar refractivity (Wildman–Crippen MR) is 101 cm³/mol. The molecule has 0 aliphatic heterocycles. The molecule has 5 nitrogen and oxygen atoms in total. The molecule has 3 rings (SSSR count). The normalized spacial score (nSPS) is 23.0. The van der Waals surface area contributed by atoms with E-state index in [0.717, 1.165) is 22.3 Å². The zero-order chi connectivity index (χ0) is 20.1. The number of esters is 2. The van der Waals surface area contributed by atoms with Crippen LogP contribution in [0.5, 0.6) is 11.5 Å². The molecule has 0 amide bonds. The van der Waals surface area contributed by atoms with E-state index in [1.165, 1.54) is 13.8 Å². The number of ketones is 1. The van der Waals surface area contributed by atoms with E-state index >= 15 is 0 Å². The summed E-state index contributed by atoms with van der Waals surface area (Å²) in [6.45, 7) is 10.6. The molecule has 27 heavy (non-hydrogen) atoms. The average molecular weight is 370 g/mol. The van der Waals surface area contributed by atoms with Crippen LogP contribution in [0.4, 0.5) is 0 Å². The van der Waals surface area contributed by atoms with Gasteiger partial charge in [-0.2, -0.15) is 0 Å². The van der Waals surface area contributed by atoms with E-state index in [0.29, 0.717) is 25.0 Å². The quantitative estimate of drug-likeness (QED) is 0.447. The first-order valence-corrected chi connectivity index (χ1v) is 9.26. The van der Waals surface area contributed by atoms with Crippen molar-refractivity contribution in [3.63, 3.8) is 0 Å². The SMILES string of the molecule is CC(=O)Oc1cc2c(c(C)c1OC(C)=O)CC=C1C(C)(C)C(=O)CC[C@]12C. The standard InChI is InChI=1S/C22H26O5/c1-12-15-7-8-18-21(4,5)19(25)9-10-22(18,6)16(15)11-17(26-13(2)23)20(12)27-14(3)24/h8,11H,7,9-10H2,1-6H3/t22-/m0/s1. The minimum Gasteiger partial charge on any atom is -0.423 e. The van der Waals surface area contributed by atoms with Crippen LogP contribution in [0, 0.1) is 12.3 Å². The maximum atomic E-state index is 12.5. The minimum atomic E-state index is -0.519. The number of rotatable bonds is 2. The molecule has 1 fully saturated rings. The third-order valence-electron chi connectivity index (χ3n) is 6.04. The molecular formula is C22H26O5. The largest absolute Gasteiger partial charge is 0.423 e. The lowest BCUT2D eigenvalue weighted by molar-refractivity contribution is -0.134. The summed E-state index contributed by atoms with van der Waals surface area (Å²) in [4.78, 5) is 35.7. The molecule has 5 heteroatoms. The van der Waals surface area contributed by atoms with Crippen molar-refractivity contribution >= 4 is 17.7 Å². The maximum Gasteiger partial charge on any atom is 0.308 e. The fourth-order valence-electron chi connectivity index (χ4n) is 4.68. The summed E-state index contributed by atoms with van der Waals surface area (Å²) in [5, 5.41) is 0. The first kappa shape index (κ1) is 19.3. The highest BCUT2D eigenvalue weighted by Crippen LogP contribution is 2.55. The van der Waals surface area contributed by atoms with Crippen LogP contribution in [0.1, 0.15) is 64.2 Å². The van der Waals surface area contributed by atoms with Crippen LogP contribution < -0.4 is 9.47 Å². The summed E-state index contributed by atoms with van der Waals surface area (Å²) in [6, 6.07) is 1.82. The van der Waals surface area contributed by atoms with Crippen molar-refractivity contribution in [2.45, 2.75) is 66.2 Å². The second-order valence-corrected chi connectivity index (χ2v) is 8.24. The number of hydrogen-bond donors (Lipinski definition) is 0. The van der Waals surface area contributed by atoms with Crippen molar-refractivity contribution in [2.75, 3.05) is 0 Å². The van der Waals surface area contributed by atoms with Crippen LogP contribution in [-0.4, -0.2) is 17.7 Å². The van der Waals surface area contributed by atoms with Crippen LogP contribution in [0.15, 0.2) is 17.7 Å². The second kappa shape index (κ2) is 6.32. The molecule has 0 radical (unpaired) electrons. The highest BCUT2D eigenvalue weighted by atomic mass is 16.6. The lowest BCUT2D eigenvalue weighted by Crippen LogP contribution is -2.45. The van der Waals surface area contributed by atoms with E-state index in [2.05, 4.69) is 13.0 Å². The molecule has 0 saturated heterocycles. The summed E-state index contributed by atoms with van der Waals surface area (Å²) in [7, 11) is 0. The van der Waals surface area contributed by atoms with Gasteiger partial charge in [0.1, 0.15) is 5.78 Å². The van der Waals surface area contributed by atoms with Gasteiger partial charge in [-0.15, -0.1) is 0 Å². The van der Waals surface area contributed by atoms with Gasteiger partial charge in [0.15, 0.2) is 11.5 Å². The summed E-state index contributed by atoms with van der Waals surface area (Å²) in [5.74, 6) is -0.134. The molecule has 1 atom stereocenters. The number of hydrogen-bond acceptors (Lipinski definition) is 5. The Morgan fingerprint density at radius 3 is 2.30 bits per heavy atom. The molecule has 2 aliphatic carbocycles. The van der Waals surface area contributed by atoms with Gasteiger partial charge in [-0.25, -0.2) is 0 Å².